The SMILES string of the molecule is Cc1ccc(CCN2CC(C(=O)N(Cc3ccc(C)o3)C3CCS(=O)(=O)C3)CC2=O)cc1. The highest BCUT2D eigenvalue weighted by molar-refractivity contribution is 7.91. The summed E-state index contributed by atoms with van der Waals surface area (Å²) in [6.45, 7) is 5.03. The molecule has 0 radical (unpaired) electrons. The number of hydrogen-bond acceptors (Lipinski definition) is 5. The van der Waals surface area contributed by atoms with Gasteiger partial charge in [0, 0.05) is 25.6 Å². The average molecular weight is 459 g/mol. The first-order valence-corrected chi connectivity index (χ1v) is 12.9. The van der Waals surface area contributed by atoms with Crippen molar-refractivity contribution in [3.05, 3.63) is 59.0 Å². The van der Waals surface area contributed by atoms with E-state index < -0.39 is 15.8 Å². The van der Waals surface area contributed by atoms with Crippen LogP contribution in [-0.2, 0) is 32.4 Å². The van der Waals surface area contributed by atoms with Gasteiger partial charge in [-0.1, -0.05) is 29.8 Å². The van der Waals surface area contributed by atoms with Crippen LogP contribution in [0.25, 0.3) is 0 Å². The van der Waals surface area contributed by atoms with Gasteiger partial charge < -0.3 is 14.2 Å². The van der Waals surface area contributed by atoms with Gasteiger partial charge in [0.1, 0.15) is 11.5 Å². The van der Waals surface area contributed by atoms with Gasteiger partial charge in [-0.15, -0.1) is 0 Å². The van der Waals surface area contributed by atoms with Gasteiger partial charge in [0.2, 0.25) is 11.8 Å². The molecule has 7 nitrogen and oxygen atoms in total. The van der Waals surface area contributed by atoms with Crippen molar-refractivity contribution in [3.63, 3.8) is 0 Å². The van der Waals surface area contributed by atoms with Crippen LogP contribution >= 0.6 is 0 Å². The van der Waals surface area contributed by atoms with Crippen LogP contribution in [0.3, 0.4) is 0 Å². The molecule has 1 aromatic carbocycles. The second kappa shape index (κ2) is 9.10. The number of rotatable bonds is 7. The van der Waals surface area contributed by atoms with Gasteiger partial charge in [-0.25, -0.2) is 8.42 Å². The van der Waals surface area contributed by atoms with Gasteiger partial charge in [0.05, 0.1) is 24.0 Å². The van der Waals surface area contributed by atoms with Crippen molar-refractivity contribution in [2.45, 2.75) is 45.7 Å². The molecule has 2 fully saturated rings. The van der Waals surface area contributed by atoms with Crippen molar-refractivity contribution in [2.75, 3.05) is 24.6 Å². The van der Waals surface area contributed by atoms with Crippen LogP contribution in [-0.4, -0.2) is 60.7 Å². The van der Waals surface area contributed by atoms with Crippen molar-refractivity contribution >= 4 is 21.7 Å². The summed E-state index contributed by atoms with van der Waals surface area (Å²) in [5.41, 5.74) is 2.35. The quantitative estimate of drug-likeness (QED) is 0.636. The lowest BCUT2D eigenvalue weighted by atomic mass is 10.0. The molecule has 2 aromatic rings. The monoisotopic (exact) mass is 458 g/mol. The van der Waals surface area contributed by atoms with E-state index in [0.717, 1.165) is 17.7 Å². The summed E-state index contributed by atoms with van der Waals surface area (Å²) in [5.74, 6) is 0.780. The van der Waals surface area contributed by atoms with Gasteiger partial charge >= 0.3 is 0 Å². The first-order chi connectivity index (χ1) is 15.2. The van der Waals surface area contributed by atoms with Crippen LogP contribution in [0.15, 0.2) is 40.8 Å². The summed E-state index contributed by atoms with van der Waals surface area (Å²) < 4.78 is 29.8. The Balaban J connectivity index is 1.44. The molecule has 0 aliphatic carbocycles. The molecule has 2 aliphatic rings. The predicted octanol–water partition coefficient (Wildman–Crippen LogP) is 2.50. The molecule has 0 N–H and O–H groups in total. The average Bonchev–Trinajstić information content (AvgIpc) is 3.43. The second-order valence-electron chi connectivity index (χ2n) is 9.01. The maximum absolute atomic E-state index is 13.5. The lowest BCUT2D eigenvalue weighted by Gasteiger charge is -2.30. The Morgan fingerprint density at radius 1 is 1.16 bits per heavy atom. The van der Waals surface area contributed by atoms with Crippen molar-refractivity contribution in [1.82, 2.24) is 9.80 Å². The number of hydrogen-bond donors (Lipinski definition) is 0. The molecule has 0 bridgehead atoms. The van der Waals surface area contributed by atoms with Crippen LogP contribution < -0.4 is 0 Å². The third kappa shape index (κ3) is 5.23. The minimum Gasteiger partial charge on any atom is -0.464 e. The molecule has 2 saturated heterocycles. The summed E-state index contributed by atoms with van der Waals surface area (Å²) in [7, 11) is -3.15. The Morgan fingerprint density at radius 2 is 1.91 bits per heavy atom. The van der Waals surface area contributed by atoms with Crippen molar-refractivity contribution in [1.29, 1.82) is 0 Å². The smallest absolute Gasteiger partial charge is 0.228 e. The number of likely N-dealkylation sites (tertiary alicyclic amines) is 1. The Morgan fingerprint density at radius 3 is 2.53 bits per heavy atom. The van der Waals surface area contributed by atoms with Crippen LogP contribution in [0.5, 0.6) is 0 Å². The van der Waals surface area contributed by atoms with Gasteiger partial charge in [0.15, 0.2) is 9.84 Å². The summed E-state index contributed by atoms with van der Waals surface area (Å²) in [4.78, 5) is 29.5. The normalized spacial score (nSPS) is 22.4. The summed E-state index contributed by atoms with van der Waals surface area (Å²) in [5, 5.41) is 0. The molecule has 8 heteroatoms. The molecule has 3 heterocycles. The number of nitrogens with zero attached hydrogens (tertiary/aromatic N) is 2. The number of benzene rings is 1. The first kappa shape index (κ1) is 22.6. The molecule has 0 spiro atoms. The Kier molecular flexibility index (Phi) is 6.42. The first-order valence-electron chi connectivity index (χ1n) is 11.1. The van der Waals surface area contributed by atoms with E-state index in [4.69, 9.17) is 4.42 Å². The van der Waals surface area contributed by atoms with Crippen molar-refractivity contribution in [2.24, 2.45) is 5.92 Å². The minimum atomic E-state index is -3.15. The highest BCUT2D eigenvalue weighted by Crippen LogP contribution is 2.27. The van der Waals surface area contributed by atoms with E-state index in [-0.39, 0.29) is 42.3 Å². The van der Waals surface area contributed by atoms with Gasteiger partial charge in [-0.2, -0.15) is 0 Å². The van der Waals surface area contributed by atoms with Crippen LogP contribution in [0, 0.1) is 19.8 Å². The Bertz CT molecular complexity index is 1090. The molecule has 2 unspecified atom stereocenters. The highest BCUT2D eigenvalue weighted by atomic mass is 32.2. The second-order valence-corrected chi connectivity index (χ2v) is 11.2. The van der Waals surface area contributed by atoms with Crippen molar-refractivity contribution < 1.29 is 22.4 Å². The fourth-order valence-corrected chi connectivity index (χ4v) is 6.28. The van der Waals surface area contributed by atoms with E-state index in [1.54, 1.807) is 9.80 Å². The number of sulfone groups is 1. The largest absolute Gasteiger partial charge is 0.464 e. The number of furan rings is 1. The van der Waals surface area contributed by atoms with E-state index in [2.05, 4.69) is 24.3 Å². The molecule has 1 aromatic heterocycles. The number of carbonyl (C=O) groups is 2. The predicted molar refractivity (Wildman–Crippen MR) is 121 cm³/mol. The zero-order chi connectivity index (χ0) is 22.9. The summed E-state index contributed by atoms with van der Waals surface area (Å²) >= 11 is 0. The van der Waals surface area contributed by atoms with Crippen LogP contribution in [0.4, 0.5) is 0 Å². The lowest BCUT2D eigenvalue weighted by molar-refractivity contribution is -0.138. The van der Waals surface area contributed by atoms with E-state index in [0.29, 0.717) is 25.3 Å². The lowest BCUT2D eigenvalue weighted by Crippen LogP contribution is -2.44. The number of aryl methyl sites for hydroxylation is 2. The van der Waals surface area contributed by atoms with Gasteiger partial charge in [-0.3, -0.25) is 9.59 Å². The molecule has 2 aliphatic heterocycles. The molecule has 4 rings (SSSR count). The molecule has 2 amide bonds. The van der Waals surface area contributed by atoms with E-state index >= 15 is 0 Å². The van der Waals surface area contributed by atoms with Crippen LogP contribution in [0.2, 0.25) is 0 Å². The highest BCUT2D eigenvalue weighted by Gasteiger charge is 2.41. The molecular formula is C24H30N2O5S. The Hall–Kier alpha value is -2.61. The molecule has 2 atom stereocenters. The van der Waals surface area contributed by atoms with Crippen LogP contribution in [0.1, 0.15) is 35.5 Å². The number of amides is 2. The minimum absolute atomic E-state index is 0.0247. The topological polar surface area (TPSA) is 87.9 Å². The molecular weight excluding hydrogens is 428 g/mol. The molecule has 0 saturated carbocycles. The van der Waals surface area contributed by atoms with E-state index in [1.807, 2.05) is 26.0 Å². The zero-order valence-corrected chi connectivity index (χ0v) is 19.4. The zero-order valence-electron chi connectivity index (χ0n) is 18.6. The van der Waals surface area contributed by atoms with E-state index in [1.165, 1.54) is 5.56 Å². The number of carbonyl (C=O) groups excluding carboxylic acids is 2. The van der Waals surface area contributed by atoms with Gasteiger partial charge in [0.25, 0.3) is 0 Å². The molecule has 172 valence electrons. The summed E-state index contributed by atoms with van der Waals surface area (Å²) in [6.07, 6.45) is 1.33. The van der Waals surface area contributed by atoms with Gasteiger partial charge in [-0.05, 0) is 44.4 Å². The standard InChI is InChI=1S/C24H30N2O5S/c1-17-3-6-19(7-4-17)9-11-25-14-20(13-23(25)27)24(28)26(15-22-8-5-18(2)31-22)21-10-12-32(29,30)16-21/h3-8,20-21H,9-16H2,1-2H3. The van der Waals surface area contributed by atoms with E-state index in [9.17, 15) is 18.0 Å². The fourth-order valence-electron chi connectivity index (χ4n) is 4.55. The maximum atomic E-state index is 13.5. The molecule has 32 heavy (non-hydrogen) atoms. The Labute approximate surface area is 189 Å². The fraction of sp³-hybridized carbons (Fsp3) is 0.500. The third-order valence-electron chi connectivity index (χ3n) is 6.41. The van der Waals surface area contributed by atoms with Crippen molar-refractivity contribution in [3.8, 4) is 0 Å². The summed E-state index contributed by atoms with van der Waals surface area (Å²) in [6, 6.07) is 11.5. The maximum Gasteiger partial charge on any atom is 0.228 e. The third-order valence-corrected chi connectivity index (χ3v) is 8.16.